The van der Waals surface area contributed by atoms with E-state index >= 15 is 0 Å². The highest BCUT2D eigenvalue weighted by molar-refractivity contribution is 5.89. The molecule has 0 N–H and O–H groups in total. The average molecular weight is 327 g/mol. The SMILES string of the molecule is CC(=O)OC1C=C[C@]2(C)C3=C(CCC2C1)C1[CH+]CC(=O)[C@@]1(C)CC3. The summed E-state index contributed by atoms with van der Waals surface area (Å²) in [6, 6.07) is 0. The van der Waals surface area contributed by atoms with Gasteiger partial charge in [-0.1, -0.05) is 18.6 Å². The zero-order chi connectivity index (χ0) is 17.1. The summed E-state index contributed by atoms with van der Waals surface area (Å²) in [6.45, 7) is 6.01. The van der Waals surface area contributed by atoms with Crippen molar-refractivity contribution in [2.24, 2.45) is 22.7 Å². The van der Waals surface area contributed by atoms with Crippen molar-refractivity contribution in [2.45, 2.75) is 65.4 Å². The molecule has 1 fully saturated rings. The lowest BCUT2D eigenvalue weighted by molar-refractivity contribution is -0.145. The van der Waals surface area contributed by atoms with Crippen LogP contribution < -0.4 is 0 Å². The van der Waals surface area contributed by atoms with Crippen LogP contribution in [0.2, 0.25) is 0 Å². The zero-order valence-electron chi connectivity index (χ0n) is 14.9. The number of carbonyl (C=O) groups is 2. The van der Waals surface area contributed by atoms with E-state index in [4.69, 9.17) is 4.74 Å². The average Bonchev–Trinajstić information content (AvgIpc) is 2.83. The quantitative estimate of drug-likeness (QED) is 0.412. The van der Waals surface area contributed by atoms with Crippen LogP contribution in [0.1, 0.15) is 59.3 Å². The highest BCUT2D eigenvalue weighted by atomic mass is 16.5. The summed E-state index contributed by atoms with van der Waals surface area (Å²) in [5.41, 5.74) is 3.04. The number of Topliss-reactive ketones (excluding diaryl/α,β-unsaturated/α-hetero) is 1. The number of rotatable bonds is 1. The maximum atomic E-state index is 12.4. The topological polar surface area (TPSA) is 43.4 Å². The largest absolute Gasteiger partial charge is 0.458 e. The first-order chi connectivity index (χ1) is 11.3. The first-order valence-corrected chi connectivity index (χ1v) is 9.30. The molecule has 0 bridgehead atoms. The fourth-order valence-corrected chi connectivity index (χ4v) is 5.81. The Morgan fingerprint density at radius 1 is 1.33 bits per heavy atom. The Morgan fingerprint density at radius 2 is 2.12 bits per heavy atom. The summed E-state index contributed by atoms with van der Waals surface area (Å²) in [4.78, 5) is 23.7. The molecular formula is C21H27O3+. The number of ether oxygens (including phenoxy) is 1. The van der Waals surface area contributed by atoms with Crippen LogP contribution >= 0.6 is 0 Å². The van der Waals surface area contributed by atoms with Crippen LogP contribution in [0.15, 0.2) is 23.3 Å². The third-order valence-electron chi connectivity index (χ3n) is 7.27. The van der Waals surface area contributed by atoms with Gasteiger partial charge in [0, 0.05) is 12.3 Å². The highest BCUT2D eigenvalue weighted by Crippen LogP contribution is 2.61. The monoisotopic (exact) mass is 327 g/mol. The van der Waals surface area contributed by atoms with Gasteiger partial charge in [-0.15, -0.1) is 0 Å². The molecule has 3 heteroatoms. The molecule has 4 aliphatic carbocycles. The summed E-state index contributed by atoms with van der Waals surface area (Å²) in [6.07, 6.45) is 12.4. The van der Waals surface area contributed by atoms with Gasteiger partial charge in [0.15, 0.2) is 5.78 Å². The molecule has 0 aromatic rings. The number of allylic oxidation sites excluding steroid dienone is 3. The number of fused-ring (bicyclic) bond motifs is 4. The Morgan fingerprint density at radius 3 is 2.88 bits per heavy atom. The Hall–Kier alpha value is -1.51. The fraction of sp³-hybridized carbons (Fsp3) is 0.667. The van der Waals surface area contributed by atoms with Crippen LogP contribution in [-0.2, 0) is 14.3 Å². The maximum absolute atomic E-state index is 12.4. The van der Waals surface area contributed by atoms with E-state index in [2.05, 4.69) is 32.4 Å². The molecule has 128 valence electrons. The maximum Gasteiger partial charge on any atom is 0.303 e. The van der Waals surface area contributed by atoms with Crippen molar-refractivity contribution in [3.05, 3.63) is 29.7 Å². The molecule has 0 aromatic heterocycles. The van der Waals surface area contributed by atoms with Crippen LogP contribution in [0.5, 0.6) is 0 Å². The van der Waals surface area contributed by atoms with Gasteiger partial charge in [-0.3, -0.25) is 9.59 Å². The van der Waals surface area contributed by atoms with E-state index < -0.39 is 0 Å². The lowest BCUT2D eigenvalue weighted by Crippen LogP contribution is -2.43. The lowest BCUT2D eigenvalue weighted by atomic mass is 9.53. The molecule has 0 aliphatic heterocycles. The summed E-state index contributed by atoms with van der Waals surface area (Å²) in [7, 11) is 0. The van der Waals surface area contributed by atoms with E-state index in [-0.39, 0.29) is 22.9 Å². The van der Waals surface area contributed by atoms with E-state index in [1.165, 1.54) is 6.92 Å². The molecule has 0 spiro atoms. The van der Waals surface area contributed by atoms with Gasteiger partial charge in [-0.05, 0) is 56.6 Å². The minimum absolute atomic E-state index is 0.0730. The molecule has 5 atom stereocenters. The molecule has 4 aliphatic rings. The molecule has 3 unspecified atom stereocenters. The molecule has 0 heterocycles. The molecule has 0 radical (unpaired) electrons. The molecule has 0 saturated heterocycles. The van der Waals surface area contributed by atoms with Crippen molar-refractivity contribution < 1.29 is 14.3 Å². The second-order valence-corrected chi connectivity index (χ2v) is 8.52. The Labute approximate surface area is 144 Å². The summed E-state index contributed by atoms with van der Waals surface area (Å²) < 4.78 is 5.43. The third kappa shape index (κ3) is 2.13. The van der Waals surface area contributed by atoms with Crippen LogP contribution in [0.4, 0.5) is 0 Å². The smallest absolute Gasteiger partial charge is 0.303 e. The van der Waals surface area contributed by atoms with Gasteiger partial charge in [-0.2, -0.15) is 0 Å². The van der Waals surface area contributed by atoms with Crippen molar-refractivity contribution in [3.8, 4) is 0 Å². The molecule has 3 nitrogen and oxygen atoms in total. The van der Waals surface area contributed by atoms with Crippen molar-refractivity contribution in [1.29, 1.82) is 0 Å². The molecule has 24 heavy (non-hydrogen) atoms. The van der Waals surface area contributed by atoms with Crippen molar-refractivity contribution in [1.82, 2.24) is 0 Å². The van der Waals surface area contributed by atoms with Crippen LogP contribution in [-0.4, -0.2) is 17.9 Å². The van der Waals surface area contributed by atoms with Crippen molar-refractivity contribution >= 4 is 11.8 Å². The van der Waals surface area contributed by atoms with Gasteiger partial charge in [0.05, 0.1) is 11.8 Å². The number of esters is 1. The minimum Gasteiger partial charge on any atom is -0.458 e. The summed E-state index contributed by atoms with van der Waals surface area (Å²) in [5, 5.41) is 0. The van der Waals surface area contributed by atoms with Crippen LogP contribution in [0, 0.1) is 29.1 Å². The standard InChI is InChI=1S/C21H27O3/c1-13(22)24-15-8-10-20(2)14(12-15)4-5-16-17-6-7-19(23)21(17,3)11-9-18(16)20/h6,8,10,14-15,17H,4-5,7,9,11-12H2,1-3H3/q+1/t14?,15?,17?,20-,21-/m0/s1. The molecule has 1 saturated carbocycles. The normalized spacial score (nSPS) is 43.6. The van der Waals surface area contributed by atoms with Gasteiger partial charge in [0.25, 0.3) is 0 Å². The Bertz CT molecular complexity index is 658. The molecular weight excluding hydrogens is 300 g/mol. The summed E-state index contributed by atoms with van der Waals surface area (Å²) >= 11 is 0. The van der Waals surface area contributed by atoms with Crippen molar-refractivity contribution in [3.63, 3.8) is 0 Å². The predicted octanol–water partition coefficient (Wildman–Crippen LogP) is 4.18. The second kappa shape index (κ2) is 5.24. The van der Waals surface area contributed by atoms with Gasteiger partial charge < -0.3 is 4.74 Å². The molecule has 4 rings (SSSR count). The Balaban J connectivity index is 1.69. The lowest BCUT2D eigenvalue weighted by Gasteiger charge is -2.50. The fourth-order valence-electron chi connectivity index (χ4n) is 5.81. The number of hydrogen-bond donors (Lipinski definition) is 0. The number of hydrogen-bond acceptors (Lipinski definition) is 3. The number of carbonyl (C=O) groups excluding carboxylic acids is 2. The zero-order valence-corrected chi connectivity index (χ0v) is 14.9. The van der Waals surface area contributed by atoms with Crippen LogP contribution in [0.25, 0.3) is 0 Å². The Kier molecular flexibility index (Phi) is 3.49. The second-order valence-electron chi connectivity index (χ2n) is 8.52. The van der Waals surface area contributed by atoms with Gasteiger partial charge in [0.2, 0.25) is 0 Å². The third-order valence-corrected chi connectivity index (χ3v) is 7.27. The van der Waals surface area contributed by atoms with E-state index in [1.54, 1.807) is 11.1 Å². The van der Waals surface area contributed by atoms with Gasteiger partial charge in [0.1, 0.15) is 18.4 Å². The van der Waals surface area contributed by atoms with Gasteiger partial charge >= 0.3 is 5.97 Å². The van der Waals surface area contributed by atoms with E-state index in [9.17, 15) is 9.59 Å². The molecule has 0 aromatic carbocycles. The van der Waals surface area contributed by atoms with Crippen molar-refractivity contribution in [2.75, 3.05) is 0 Å². The number of ketones is 1. The first kappa shape index (κ1) is 16.0. The minimum atomic E-state index is -0.198. The molecule has 0 amide bonds. The van der Waals surface area contributed by atoms with E-state index in [1.807, 2.05) is 0 Å². The summed E-state index contributed by atoms with van der Waals surface area (Å²) in [5.74, 6) is 1.12. The first-order valence-electron chi connectivity index (χ1n) is 9.30. The van der Waals surface area contributed by atoms with Gasteiger partial charge in [-0.25, -0.2) is 0 Å². The predicted molar refractivity (Wildman–Crippen MR) is 91.9 cm³/mol. The van der Waals surface area contributed by atoms with E-state index in [0.717, 1.165) is 32.1 Å². The highest BCUT2D eigenvalue weighted by Gasteiger charge is 2.59. The van der Waals surface area contributed by atoms with Crippen LogP contribution in [0.3, 0.4) is 0 Å². The van der Waals surface area contributed by atoms with E-state index in [0.29, 0.717) is 24.0 Å².